The van der Waals surface area contributed by atoms with E-state index in [1.54, 1.807) is 12.1 Å². The van der Waals surface area contributed by atoms with E-state index in [0.29, 0.717) is 18.4 Å². The Bertz CT molecular complexity index is 1980. The monoisotopic (exact) mass is 674 g/mol. The van der Waals surface area contributed by atoms with Gasteiger partial charge in [0.15, 0.2) is 0 Å². The first-order valence-electron chi connectivity index (χ1n) is 17.3. The van der Waals surface area contributed by atoms with E-state index in [0.717, 1.165) is 58.5 Å². The Morgan fingerprint density at radius 3 is 2.31 bits per heavy atom. The van der Waals surface area contributed by atoms with Crippen molar-refractivity contribution in [2.24, 2.45) is 11.7 Å². The molecule has 2 heterocycles. The number of amides is 2. The molecule has 4 aromatic carbocycles. The number of likely N-dealkylation sites (tertiary alicyclic amines) is 1. The van der Waals surface area contributed by atoms with Crippen LogP contribution < -0.4 is 11.1 Å². The van der Waals surface area contributed by atoms with Crippen LogP contribution in [0.5, 0.6) is 0 Å². The Morgan fingerprint density at radius 1 is 0.898 bits per heavy atom. The number of carbonyl (C=O) groups excluding carboxylic acids is 2. The quantitative estimate of drug-likeness (QED) is 0.182. The number of hydrogen-bond acceptors (Lipinski definition) is 6. The zero-order valence-electron chi connectivity index (χ0n) is 27.2. The van der Waals surface area contributed by atoms with Crippen LogP contribution in [0.1, 0.15) is 66.6 Å². The molecule has 2 aliphatic carbocycles. The average molecular weight is 675 g/mol. The lowest BCUT2D eigenvalue weighted by atomic mass is 9.83. The summed E-state index contributed by atoms with van der Waals surface area (Å²) in [5, 5.41) is 7.12. The molecule has 1 aromatic heterocycles. The van der Waals surface area contributed by atoms with Gasteiger partial charge in [-0.15, -0.1) is 11.3 Å². The number of alkyl carbamates (subject to hydrolysis) is 1. The van der Waals surface area contributed by atoms with Crippen LogP contribution in [0.25, 0.3) is 33.2 Å². The molecule has 9 heteroatoms. The van der Waals surface area contributed by atoms with Gasteiger partial charge in [0.2, 0.25) is 5.91 Å². The summed E-state index contributed by atoms with van der Waals surface area (Å²) in [6.45, 7) is 0.537. The Kier molecular flexibility index (Phi) is 8.64. The molecule has 0 unspecified atom stereocenters. The third-order valence-electron chi connectivity index (χ3n) is 10.6. The van der Waals surface area contributed by atoms with Crippen molar-refractivity contribution in [1.29, 1.82) is 0 Å². The minimum atomic E-state index is -0.600. The molecule has 1 saturated carbocycles. The topological polar surface area (TPSA) is 97.6 Å². The van der Waals surface area contributed by atoms with Gasteiger partial charge in [-0.25, -0.2) is 14.2 Å². The lowest BCUT2D eigenvalue weighted by Crippen LogP contribution is -2.49. The van der Waals surface area contributed by atoms with Crippen molar-refractivity contribution in [3.8, 4) is 22.4 Å². The average Bonchev–Trinajstić information content (AvgIpc) is 3.87. The number of benzene rings is 4. The van der Waals surface area contributed by atoms with Gasteiger partial charge in [-0.3, -0.25) is 4.79 Å². The Hall–Kier alpha value is -4.60. The van der Waals surface area contributed by atoms with Crippen molar-refractivity contribution in [3.63, 3.8) is 0 Å². The van der Waals surface area contributed by atoms with E-state index >= 15 is 0 Å². The van der Waals surface area contributed by atoms with E-state index < -0.39 is 12.1 Å². The second-order valence-corrected chi connectivity index (χ2v) is 14.4. The number of ether oxygens (including phenoxy) is 1. The first kappa shape index (κ1) is 31.7. The number of hydrogen-bond donors (Lipinski definition) is 2. The number of carbonyl (C=O) groups is 2. The van der Waals surface area contributed by atoms with E-state index in [4.69, 9.17) is 15.5 Å². The standard InChI is InChI=1S/C40H39FN4O3S/c41-34-19-18-32(30-16-8-9-17-31(30)34)35-23-49-38(44-35)36-20-25(21-45(36)39(46)37(42)24-10-2-1-3-11-24)43-40(47)48-22-33-28-14-6-4-12-26(28)27-13-5-7-15-29(27)33/h4-9,12-19,23-25,33,36-37H,1-3,10-11,20-22,42H2,(H,43,47)/t25-,36-,37-/m0/s1. The van der Waals surface area contributed by atoms with Crippen LogP contribution in [0.15, 0.2) is 90.3 Å². The first-order chi connectivity index (χ1) is 24.0. The van der Waals surface area contributed by atoms with Gasteiger partial charge in [-0.2, -0.15) is 0 Å². The van der Waals surface area contributed by atoms with Crippen LogP contribution in [0.3, 0.4) is 0 Å². The molecule has 49 heavy (non-hydrogen) atoms. The molecule has 8 rings (SSSR count). The molecule has 3 atom stereocenters. The van der Waals surface area contributed by atoms with E-state index in [1.165, 1.54) is 35.0 Å². The smallest absolute Gasteiger partial charge is 0.407 e. The van der Waals surface area contributed by atoms with Gasteiger partial charge in [0.25, 0.3) is 0 Å². The molecule has 0 spiro atoms. The fourth-order valence-corrected chi connectivity index (χ4v) is 9.11. The maximum Gasteiger partial charge on any atom is 0.407 e. The fourth-order valence-electron chi connectivity index (χ4n) is 8.16. The minimum absolute atomic E-state index is 0.0441. The van der Waals surface area contributed by atoms with Gasteiger partial charge in [0.1, 0.15) is 17.4 Å². The lowest BCUT2D eigenvalue weighted by molar-refractivity contribution is -0.135. The van der Waals surface area contributed by atoms with Crippen molar-refractivity contribution in [1.82, 2.24) is 15.2 Å². The number of rotatable bonds is 7. The SMILES string of the molecule is N[C@H](C(=O)N1C[C@@H](NC(=O)OCC2c3ccccc3-c3ccccc32)C[C@H]1c1nc(-c2ccc(F)c3ccccc23)cs1)C1CCCCC1. The van der Waals surface area contributed by atoms with Gasteiger partial charge in [-0.1, -0.05) is 92.1 Å². The van der Waals surface area contributed by atoms with E-state index in [2.05, 4.69) is 29.6 Å². The van der Waals surface area contributed by atoms with E-state index in [1.807, 2.05) is 52.7 Å². The molecule has 250 valence electrons. The minimum Gasteiger partial charge on any atom is -0.449 e. The molecule has 2 amide bonds. The zero-order chi connectivity index (χ0) is 33.5. The summed E-state index contributed by atoms with van der Waals surface area (Å²) in [6, 6.07) is 25.8. The molecule has 1 saturated heterocycles. The Labute approximate surface area is 289 Å². The summed E-state index contributed by atoms with van der Waals surface area (Å²) in [5.41, 5.74) is 12.9. The molecule has 1 aliphatic heterocycles. The van der Waals surface area contributed by atoms with Crippen LogP contribution in [-0.2, 0) is 9.53 Å². The molecule has 3 aliphatic rings. The number of thiazole rings is 1. The highest BCUT2D eigenvalue weighted by Crippen LogP contribution is 2.45. The van der Waals surface area contributed by atoms with E-state index in [-0.39, 0.29) is 42.3 Å². The summed E-state index contributed by atoms with van der Waals surface area (Å²) in [6.07, 6.45) is 5.23. The summed E-state index contributed by atoms with van der Waals surface area (Å²) >= 11 is 1.47. The van der Waals surface area contributed by atoms with Crippen LogP contribution in [0.4, 0.5) is 9.18 Å². The molecule has 7 nitrogen and oxygen atoms in total. The molecule has 0 bridgehead atoms. The number of halogens is 1. The molecular weight excluding hydrogens is 636 g/mol. The van der Waals surface area contributed by atoms with Crippen molar-refractivity contribution in [3.05, 3.63) is 112 Å². The normalized spacial score (nSPS) is 19.8. The zero-order valence-corrected chi connectivity index (χ0v) is 28.0. The summed E-state index contributed by atoms with van der Waals surface area (Å²) < 4.78 is 20.5. The van der Waals surface area contributed by atoms with Crippen molar-refractivity contribution < 1.29 is 18.7 Å². The van der Waals surface area contributed by atoms with E-state index in [9.17, 15) is 14.0 Å². The predicted octanol–water partition coefficient (Wildman–Crippen LogP) is 8.19. The Balaban J connectivity index is 1.02. The summed E-state index contributed by atoms with van der Waals surface area (Å²) in [5.74, 6) is -0.273. The molecule has 3 N–H and O–H groups in total. The maximum absolute atomic E-state index is 14.6. The van der Waals surface area contributed by atoms with Crippen molar-refractivity contribution in [2.45, 2.75) is 62.6 Å². The Morgan fingerprint density at radius 2 is 1.57 bits per heavy atom. The van der Waals surface area contributed by atoms with Gasteiger partial charge in [0.05, 0.1) is 23.8 Å². The molecular formula is C40H39FN4O3S. The fraction of sp³-hybridized carbons (Fsp3) is 0.325. The third-order valence-corrected chi connectivity index (χ3v) is 11.6. The van der Waals surface area contributed by atoms with Gasteiger partial charge in [0, 0.05) is 28.8 Å². The first-order valence-corrected chi connectivity index (χ1v) is 18.1. The van der Waals surface area contributed by atoms with Crippen LogP contribution >= 0.6 is 11.3 Å². The highest BCUT2D eigenvalue weighted by atomic mass is 32.1. The summed E-state index contributed by atoms with van der Waals surface area (Å²) in [7, 11) is 0. The van der Waals surface area contributed by atoms with Crippen LogP contribution in [0.2, 0.25) is 0 Å². The van der Waals surface area contributed by atoms with Gasteiger partial charge in [-0.05, 0) is 65.0 Å². The number of aromatic nitrogens is 1. The third kappa shape index (κ3) is 5.99. The number of nitrogens with zero attached hydrogens (tertiary/aromatic N) is 2. The van der Waals surface area contributed by atoms with Gasteiger partial charge >= 0.3 is 6.09 Å². The van der Waals surface area contributed by atoms with Crippen molar-refractivity contribution in [2.75, 3.05) is 13.2 Å². The van der Waals surface area contributed by atoms with Crippen LogP contribution in [-0.4, -0.2) is 47.1 Å². The predicted molar refractivity (Wildman–Crippen MR) is 191 cm³/mol. The summed E-state index contributed by atoms with van der Waals surface area (Å²) in [4.78, 5) is 34.2. The molecule has 5 aromatic rings. The lowest BCUT2D eigenvalue weighted by Gasteiger charge is -2.32. The van der Waals surface area contributed by atoms with Crippen LogP contribution in [0, 0.1) is 11.7 Å². The number of nitrogens with two attached hydrogens (primary N) is 1. The molecule has 0 radical (unpaired) electrons. The number of nitrogens with one attached hydrogen (secondary N) is 1. The maximum atomic E-state index is 14.6. The number of fused-ring (bicyclic) bond motifs is 4. The highest BCUT2D eigenvalue weighted by molar-refractivity contribution is 7.10. The second-order valence-electron chi connectivity index (χ2n) is 13.5. The largest absolute Gasteiger partial charge is 0.449 e. The molecule has 2 fully saturated rings. The second kappa shape index (κ2) is 13.4. The van der Waals surface area contributed by atoms with Crippen molar-refractivity contribution >= 4 is 34.1 Å². The van der Waals surface area contributed by atoms with Gasteiger partial charge < -0.3 is 20.7 Å². The highest BCUT2D eigenvalue weighted by Gasteiger charge is 2.42.